The van der Waals surface area contributed by atoms with Crippen molar-refractivity contribution in [3.05, 3.63) is 57.4 Å². The zero-order chi connectivity index (χ0) is 19.9. The van der Waals surface area contributed by atoms with Crippen LogP contribution in [0.5, 0.6) is 0 Å². The third-order valence-electron chi connectivity index (χ3n) is 4.15. The first-order chi connectivity index (χ1) is 12.6. The highest BCUT2D eigenvalue weighted by atomic mass is 35.5. The van der Waals surface area contributed by atoms with Crippen LogP contribution in [0.25, 0.3) is 5.69 Å². The van der Waals surface area contributed by atoms with Crippen molar-refractivity contribution in [2.24, 2.45) is 5.14 Å². The third-order valence-corrected chi connectivity index (χ3v) is 7.59. The van der Waals surface area contributed by atoms with E-state index in [4.69, 9.17) is 16.7 Å². The molecule has 142 valence electrons. The SMILES string of the molecule is Cc1ncn(-c2ccc(NC(=O)c3sc(S(N)(=O)=O)c(C)c3Cl)cc2)c1C. The number of imidazole rings is 1. The zero-order valence-electron chi connectivity index (χ0n) is 14.8. The normalized spacial score (nSPS) is 11.6. The first kappa shape index (κ1) is 19.6. The number of carbonyl (C=O) groups excluding carboxylic acids is 1. The van der Waals surface area contributed by atoms with E-state index in [0.29, 0.717) is 5.69 Å². The summed E-state index contributed by atoms with van der Waals surface area (Å²) >= 11 is 6.88. The molecule has 0 aliphatic heterocycles. The Bertz CT molecular complexity index is 1130. The molecule has 0 spiro atoms. The largest absolute Gasteiger partial charge is 0.321 e. The van der Waals surface area contributed by atoms with Gasteiger partial charge in [-0.15, -0.1) is 11.3 Å². The summed E-state index contributed by atoms with van der Waals surface area (Å²) in [6, 6.07) is 7.19. The predicted octanol–water partition coefficient (Wildman–Crippen LogP) is 3.41. The molecular weight excluding hydrogens is 408 g/mol. The summed E-state index contributed by atoms with van der Waals surface area (Å²) in [7, 11) is -3.93. The molecule has 10 heteroatoms. The summed E-state index contributed by atoms with van der Waals surface area (Å²) in [5, 5.41) is 7.97. The quantitative estimate of drug-likeness (QED) is 0.669. The monoisotopic (exact) mass is 424 g/mol. The number of nitrogens with one attached hydrogen (secondary N) is 1. The van der Waals surface area contributed by atoms with Gasteiger partial charge >= 0.3 is 0 Å². The summed E-state index contributed by atoms with van der Waals surface area (Å²) in [6.45, 7) is 5.42. The number of hydrogen-bond donors (Lipinski definition) is 2. The van der Waals surface area contributed by atoms with Gasteiger partial charge < -0.3 is 9.88 Å². The summed E-state index contributed by atoms with van der Waals surface area (Å²) in [6.07, 6.45) is 1.74. The summed E-state index contributed by atoms with van der Waals surface area (Å²) in [4.78, 5) is 16.9. The molecule has 3 aromatic rings. The molecule has 0 radical (unpaired) electrons. The molecule has 3 rings (SSSR count). The van der Waals surface area contributed by atoms with Crippen molar-refractivity contribution in [3.63, 3.8) is 0 Å². The molecule has 0 unspecified atom stereocenters. The van der Waals surface area contributed by atoms with Gasteiger partial charge in [-0.25, -0.2) is 18.5 Å². The fourth-order valence-corrected chi connectivity index (χ4v) is 5.02. The molecule has 27 heavy (non-hydrogen) atoms. The molecule has 0 aliphatic carbocycles. The average molecular weight is 425 g/mol. The van der Waals surface area contributed by atoms with Crippen LogP contribution in [0.1, 0.15) is 26.6 Å². The Morgan fingerprint density at radius 2 is 1.85 bits per heavy atom. The van der Waals surface area contributed by atoms with Gasteiger partial charge in [-0.05, 0) is 50.6 Å². The number of halogens is 1. The molecule has 0 fully saturated rings. The Hall–Kier alpha value is -2.20. The number of aromatic nitrogens is 2. The average Bonchev–Trinajstić information content (AvgIpc) is 3.09. The molecule has 2 heterocycles. The maximum Gasteiger partial charge on any atom is 0.267 e. The van der Waals surface area contributed by atoms with E-state index in [9.17, 15) is 13.2 Å². The molecule has 1 amide bonds. The number of aryl methyl sites for hydroxylation is 1. The zero-order valence-corrected chi connectivity index (χ0v) is 17.2. The Labute approximate surface area is 165 Å². The fourth-order valence-electron chi connectivity index (χ4n) is 2.54. The topological polar surface area (TPSA) is 107 Å². The van der Waals surface area contributed by atoms with Gasteiger partial charge in [-0.3, -0.25) is 4.79 Å². The van der Waals surface area contributed by atoms with E-state index in [0.717, 1.165) is 28.4 Å². The number of nitrogens with zero attached hydrogens (tertiary/aromatic N) is 2. The van der Waals surface area contributed by atoms with Gasteiger partial charge in [0.1, 0.15) is 9.09 Å². The highest BCUT2D eigenvalue weighted by molar-refractivity contribution is 7.91. The number of sulfonamides is 1. The van der Waals surface area contributed by atoms with Gasteiger partial charge in [0, 0.05) is 17.1 Å². The predicted molar refractivity (Wildman–Crippen MR) is 106 cm³/mol. The van der Waals surface area contributed by atoms with Gasteiger partial charge in [-0.1, -0.05) is 11.6 Å². The first-order valence-corrected chi connectivity index (χ1v) is 10.6. The lowest BCUT2D eigenvalue weighted by atomic mass is 10.2. The summed E-state index contributed by atoms with van der Waals surface area (Å²) in [5.74, 6) is -0.495. The lowest BCUT2D eigenvalue weighted by Gasteiger charge is -2.08. The second-order valence-electron chi connectivity index (χ2n) is 5.99. The second-order valence-corrected chi connectivity index (χ2v) is 9.14. The second kappa shape index (κ2) is 7.08. The van der Waals surface area contributed by atoms with Crippen molar-refractivity contribution >= 4 is 44.6 Å². The third kappa shape index (κ3) is 3.77. The number of rotatable bonds is 4. The van der Waals surface area contributed by atoms with E-state index in [2.05, 4.69) is 10.3 Å². The number of anilines is 1. The van der Waals surface area contributed by atoms with Gasteiger partial charge in [0.2, 0.25) is 10.0 Å². The van der Waals surface area contributed by atoms with Crippen LogP contribution in [0, 0.1) is 20.8 Å². The number of benzene rings is 1. The highest BCUT2D eigenvalue weighted by Crippen LogP contribution is 2.35. The van der Waals surface area contributed by atoms with Crippen molar-refractivity contribution in [1.29, 1.82) is 0 Å². The first-order valence-electron chi connectivity index (χ1n) is 7.83. The molecule has 2 aromatic heterocycles. The van der Waals surface area contributed by atoms with Crippen LogP contribution in [0.4, 0.5) is 5.69 Å². The van der Waals surface area contributed by atoms with Crippen LogP contribution in [-0.4, -0.2) is 23.9 Å². The Balaban J connectivity index is 1.84. The van der Waals surface area contributed by atoms with Crippen molar-refractivity contribution in [2.45, 2.75) is 25.0 Å². The summed E-state index contributed by atoms with van der Waals surface area (Å²) in [5.41, 5.74) is 3.71. The summed E-state index contributed by atoms with van der Waals surface area (Å²) < 4.78 is 25.0. The number of primary sulfonamides is 1. The maximum absolute atomic E-state index is 12.5. The molecule has 0 saturated carbocycles. The van der Waals surface area contributed by atoms with Crippen LogP contribution in [-0.2, 0) is 10.0 Å². The fraction of sp³-hybridized carbons (Fsp3) is 0.176. The molecule has 7 nitrogen and oxygen atoms in total. The highest BCUT2D eigenvalue weighted by Gasteiger charge is 2.24. The number of nitrogens with two attached hydrogens (primary N) is 1. The Morgan fingerprint density at radius 1 is 1.22 bits per heavy atom. The van der Waals surface area contributed by atoms with E-state index in [1.807, 2.05) is 30.5 Å². The molecule has 0 atom stereocenters. The van der Waals surface area contributed by atoms with Crippen molar-refractivity contribution < 1.29 is 13.2 Å². The standard InChI is InChI=1S/C17H17ClN4O3S2/c1-9-14(18)15(26-17(9)27(19,24)25)16(23)21-12-4-6-13(7-5-12)22-8-20-10(2)11(22)3/h4-8H,1-3H3,(H,21,23)(H2,19,24,25). The van der Waals surface area contributed by atoms with E-state index in [1.54, 1.807) is 18.5 Å². The van der Waals surface area contributed by atoms with Gasteiger partial charge in [0.15, 0.2) is 0 Å². The van der Waals surface area contributed by atoms with Gasteiger partial charge in [0.25, 0.3) is 5.91 Å². The van der Waals surface area contributed by atoms with E-state index in [1.165, 1.54) is 6.92 Å². The minimum Gasteiger partial charge on any atom is -0.321 e. The minimum atomic E-state index is -3.93. The van der Waals surface area contributed by atoms with Crippen LogP contribution in [0.15, 0.2) is 34.8 Å². The maximum atomic E-state index is 12.5. The molecule has 0 bridgehead atoms. The molecule has 1 aromatic carbocycles. The minimum absolute atomic E-state index is 0.0858. The van der Waals surface area contributed by atoms with E-state index in [-0.39, 0.29) is 19.7 Å². The molecule has 0 aliphatic rings. The molecule has 0 saturated heterocycles. The smallest absolute Gasteiger partial charge is 0.267 e. The Morgan fingerprint density at radius 3 is 2.33 bits per heavy atom. The van der Waals surface area contributed by atoms with Gasteiger partial charge in [-0.2, -0.15) is 0 Å². The van der Waals surface area contributed by atoms with Crippen LogP contribution < -0.4 is 10.5 Å². The lowest BCUT2D eigenvalue weighted by Crippen LogP contribution is -2.11. The molecule has 3 N–H and O–H groups in total. The Kier molecular flexibility index (Phi) is 5.13. The van der Waals surface area contributed by atoms with Crippen LogP contribution >= 0.6 is 22.9 Å². The van der Waals surface area contributed by atoms with E-state index < -0.39 is 15.9 Å². The van der Waals surface area contributed by atoms with Crippen molar-refractivity contribution in [2.75, 3.05) is 5.32 Å². The van der Waals surface area contributed by atoms with Crippen molar-refractivity contribution in [3.8, 4) is 5.69 Å². The van der Waals surface area contributed by atoms with Crippen LogP contribution in [0.2, 0.25) is 5.02 Å². The number of carbonyl (C=O) groups is 1. The number of thiophene rings is 1. The lowest BCUT2D eigenvalue weighted by molar-refractivity contribution is 0.103. The van der Waals surface area contributed by atoms with Gasteiger partial charge in [0.05, 0.1) is 17.0 Å². The number of hydrogen-bond acceptors (Lipinski definition) is 5. The molecular formula is C17H17ClN4O3S2. The number of amides is 1. The van der Waals surface area contributed by atoms with Crippen molar-refractivity contribution in [1.82, 2.24) is 9.55 Å². The van der Waals surface area contributed by atoms with E-state index >= 15 is 0 Å². The van der Waals surface area contributed by atoms with Crippen LogP contribution in [0.3, 0.4) is 0 Å².